The molecule has 360 valence electrons. The van der Waals surface area contributed by atoms with E-state index in [1.807, 2.05) is 0 Å². The number of rotatable bonds is 16. The lowest BCUT2D eigenvalue weighted by Crippen LogP contribution is -2.61. The molecule has 4 aliphatic rings. The van der Waals surface area contributed by atoms with Crippen LogP contribution in [0.3, 0.4) is 0 Å². The van der Waals surface area contributed by atoms with Crippen molar-refractivity contribution in [2.24, 2.45) is 11.8 Å². The van der Waals surface area contributed by atoms with Gasteiger partial charge in [-0.2, -0.15) is 0 Å². The summed E-state index contributed by atoms with van der Waals surface area (Å²) in [6, 6.07) is 4.11. The van der Waals surface area contributed by atoms with E-state index in [9.17, 15) is 65.1 Å². The van der Waals surface area contributed by atoms with Gasteiger partial charge in [-0.3, -0.25) is 9.59 Å². The van der Waals surface area contributed by atoms with Crippen molar-refractivity contribution < 1.29 is 113 Å². The monoisotopic (exact) mass is 926 g/mol. The van der Waals surface area contributed by atoms with Crippen LogP contribution in [0.25, 0.3) is 0 Å². The van der Waals surface area contributed by atoms with Gasteiger partial charge in [0.2, 0.25) is 12.6 Å². The first-order chi connectivity index (χ1) is 31.0. The highest BCUT2D eigenvalue weighted by Crippen LogP contribution is 2.39. The molecule has 1 aromatic rings. The maximum Gasteiger partial charge on any atom is 0.337 e. The van der Waals surface area contributed by atoms with Crippen molar-refractivity contribution in [1.29, 1.82) is 0 Å². The van der Waals surface area contributed by atoms with Gasteiger partial charge in [0, 0.05) is 29.4 Å². The molecule has 0 bridgehead atoms. The summed E-state index contributed by atoms with van der Waals surface area (Å²) < 4.78 is 54.9. The summed E-state index contributed by atoms with van der Waals surface area (Å²) in [6.45, 7) is 1.27. The van der Waals surface area contributed by atoms with E-state index in [0.717, 1.165) is 26.7 Å². The molecule has 0 saturated carbocycles. The number of hydrogen-bond acceptors (Lipinski definition) is 23. The van der Waals surface area contributed by atoms with E-state index in [-0.39, 0.29) is 46.8 Å². The van der Waals surface area contributed by atoms with Crippen LogP contribution in [-0.4, -0.2) is 178 Å². The molecular weight excluding hydrogens is 872 g/mol. The maximum absolute atomic E-state index is 13.8. The molecule has 1 aromatic carbocycles. The summed E-state index contributed by atoms with van der Waals surface area (Å²) >= 11 is 0. The van der Waals surface area contributed by atoms with E-state index in [1.165, 1.54) is 37.3 Å². The third kappa shape index (κ3) is 11.6. The second-order valence-corrected chi connectivity index (χ2v) is 15.1. The number of aliphatic hydroxyl groups is 7. The second kappa shape index (κ2) is 22.8. The summed E-state index contributed by atoms with van der Waals surface area (Å²) in [5.74, 6) is -6.68. The van der Waals surface area contributed by atoms with E-state index < -0.39 is 136 Å². The smallest absolute Gasteiger partial charge is 0.337 e. The fourth-order valence-corrected chi connectivity index (χ4v) is 7.57. The number of allylic oxidation sites excluding steroid dienone is 2. The first kappa shape index (κ1) is 50.8. The highest BCUT2D eigenvalue weighted by atomic mass is 16.8. The van der Waals surface area contributed by atoms with E-state index in [0.29, 0.717) is 5.56 Å². The molecule has 9 N–H and O–H groups in total. The molecule has 4 aliphatic heterocycles. The molecule has 14 atom stereocenters. The standard InChI is InChI=1S/C42H54O23/c1-5-19-21(12-29(47)58-10-9-18-7-8-25(45)26(46)11-18)23(37(54)56-3)16-60-40(19)65-42-35(53)36(32(50)28(15-44)62-42)63-30(48)13-22-20(6-2)39(59-17-24(22)38(55)57-4)64-41-34(52)33(51)31(49)27(14-43)61-41/h5-8,11,16-17,21-22,27-28,31-36,39-46,49-53H,9-10,12-15H2,1-4H3/b19-5+,20-6+/t21-,22-,27+,28+,31+,32+,33-,34+,35+,36-,39-,40-,41-,42-/m0/s1. The fourth-order valence-electron chi connectivity index (χ4n) is 7.57. The molecule has 0 unspecified atom stereocenters. The zero-order chi connectivity index (χ0) is 47.7. The number of hydrogen-bond donors (Lipinski definition) is 9. The molecule has 23 heteroatoms. The van der Waals surface area contributed by atoms with Gasteiger partial charge in [0.05, 0.1) is 70.6 Å². The Morgan fingerprint density at radius 3 is 1.66 bits per heavy atom. The van der Waals surface area contributed by atoms with Crippen LogP contribution in [-0.2, 0) is 73.0 Å². The van der Waals surface area contributed by atoms with E-state index >= 15 is 0 Å². The molecule has 0 aliphatic carbocycles. The predicted molar refractivity (Wildman–Crippen MR) is 212 cm³/mol. The van der Waals surface area contributed by atoms with Crippen molar-refractivity contribution in [3.8, 4) is 11.5 Å². The number of aliphatic hydroxyl groups excluding tert-OH is 7. The lowest BCUT2D eigenvalue weighted by atomic mass is 9.86. The average Bonchev–Trinajstić information content (AvgIpc) is 3.29. The quantitative estimate of drug-likeness (QED) is 0.0378. The number of methoxy groups -OCH3 is 2. The van der Waals surface area contributed by atoms with Crippen LogP contribution in [0.4, 0.5) is 0 Å². The maximum atomic E-state index is 13.8. The van der Waals surface area contributed by atoms with Crippen molar-refractivity contribution in [3.63, 3.8) is 0 Å². The minimum absolute atomic E-state index is 0.0769. The van der Waals surface area contributed by atoms with Gasteiger partial charge >= 0.3 is 23.9 Å². The van der Waals surface area contributed by atoms with Gasteiger partial charge < -0.3 is 93.3 Å². The van der Waals surface area contributed by atoms with Gasteiger partial charge in [0.25, 0.3) is 0 Å². The first-order valence-electron chi connectivity index (χ1n) is 20.3. The van der Waals surface area contributed by atoms with Gasteiger partial charge in [-0.25, -0.2) is 9.59 Å². The number of esters is 4. The van der Waals surface area contributed by atoms with Crippen LogP contribution in [0.15, 0.2) is 65.2 Å². The van der Waals surface area contributed by atoms with Crippen molar-refractivity contribution in [3.05, 3.63) is 70.7 Å². The van der Waals surface area contributed by atoms with Gasteiger partial charge in [-0.05, 0) is 31.5 Å². The zero-order valence-electron chi connectivity index (χ0n) is 35.6. The van der Waals surface area contributed by atoms with E-state index in [1.54, 1.807) is 6.92 Å². The SMILES string of the molecule is C/C=C1/[C@H](O[C@@H]2O[C@H](CO)[C@@H](O)[C@H](O)[C@H]2O)OC=C(C(=O)OC)[C@H]1CC(=O)O[C@@H]1[C@@H](O)[C@H](O[C@@H]2OC=C(C(=O)OC)[C@@H](CC(=O)OCCc3ccc(O)c(O)c3)/C2=C\C)O[C@H](CO)[C@H]1O. The molecule has 0 amide bonds. The average molecular weight is 927 g/mol. The van der Waals surface area contributed by atoms with Crippen molar-refractivity contribution in [2.45, 2.75) is 107 Å². The van der Waals surface area contributed by atoms with Gasteiger partial charge in [0.15, 0.2) is 30.2 Å². The first-order valence-corrected chi connectivity index (χ1v) is 20.3. The number of phenolic OH excluding ortho intramolecular Hbond substituents is 2. The van der Waals surface area contributed by atoms with Crippen molar-refractivity contribution in [1.82, 2.24) is 0 Å². The third-order valence-corrected chi connectivity index (χ3v) is 11.1. The molecule has 0 spiro atoms. The molecule has 2 saturated heterocycles. The van der Waals surface area contributed by atoms with Gasteiger partial charge in [-0.15, -0.1) is 0 Å². The number of phenols is 2. The summed E-state index contributed by atoms with van der Waals surface area (Å²) in [6.07, 6.45) is -16.6. The van der Waals surface area contributed by atoms with E-state index in [4.69, 9.17) is 47.4 Å². The number of benzene rings is 1. The summed E-state index contributed by atoms with van der Waals surface area (Å²) in [5, 5.41) is 92.7. The molecule has 5 rings (SSSR count). The van der Waals surface area contributed by atoms with Crippen molar-refractivity contribution >= 4 is 23.9 Å². The Hall–Kier alpha value is -5.18. The normalized spacial score (nSPS) is 33.8. The third-order valence-electron chi connectivity index (χ3n) is 11.1. The van der Waals surface area contributed by atoms with Crippen LogP contribution in [0.2, 0.25) is 0 Å². The Balaban J connectivity index is 1.30. The predicted octanol–water partition coefficient (Wildman–Crippen LogP) is -1.90. The summed E-state index contributed by atoms with van der Waals surface area (Å²) in [4.78, 5) is 52.6. The number of ether oxygens (including phenoxy) is 10. The summed E-state index contributed by atoms with van der Waals surface area (Å²) in [5.41, 5.74) is 0.479. The van der Waals surface area contributed by atoms with Crippen LogP contribution < -0.4 is 0 Å². The van der Waals surface area contributed by atoms with Gasteiger partial charge in [0.1, 0.15) is 42.7 Å². The van der Waals surface area contributed by atoms with Crippen LogP contribution in [0.1, 0.15) is 32.3 Å². The number of aromatic hydroxyl groups is 2. The number of carbonyl (C=O) groups excluding carboxylic acids is 4. The Morgan fingerprint density at radius 1 is 0.662 bits per heavy atom. The Bertz CT molecular complexity index is 1980. The largest absolute Gasteiger partial charge is 0.504 e. The van der Waals surface area contributed by atoms with E-state index in [2.05, 4.69) is 0 Å². The minimum atomic E-state index is -2.00. The Morgan fingerprint density at radius 2 is 1.17 bits per heavy atom. The second-order valence-electron chi connectivity index (χ2n) is 15.1. The molecule has 23 nitrogen and oxygen atoms in total. The molecule has 65 heavy (non-hydrogen) atoms. The lowest BCUT2D eigenvalue weighted by molar-refractivity contribution is -0.329. The van der Waals surface area contributed by atoms with Crippen LogP contribution in [0, 0.1) is 11.8 Å². The minimum Gasteiger partial charge on any atom is -0.504 e. The molecule has 0 aromatic heterocycles. The molecule has 2 fully saturated rings. The van der Waals surface area contributed by atoms with Crippen LogP contribution in [0.5, 0.6) is 11.5 Å². The summed E-state index contributed by atoms with van der Waals surface area (Å²) in [7, 11) is 2.18. The van der Waals surface area contributed by atoms with Gasteiger partial charge in [-0.1, -0.05) is 18.2 Å². The van der Waals surface area contributed by atoms with Crippen molar-refractivity contribution in [2.75, 3.05) is 34.0 Å². The molecule has 4 heterocycles. The Labute approximate surface area is 371 Å². The zero-order valence-corrected chi connectivity index (χ0v) is 35.6. The number of carbonyl (C=O) groups is 4. The van der Waals surface area contributed by atoms with Crippen LogP contribution >= 0.6 is 0 Å². The fraction of sp³-hybridized carbons (Fsp3) is 0.571. The molecular formula is C42H54O23. The Kier molecular flexibility index (Phi) is 17.8. The highest BCUT2D eigenvalue weighted by molar-refractivity contribution is 5.91. The molecule has 0 radical (unpaired) electrons. The highest BCUT2D eigenvalue weighted by Gasteiger charge is 2.51. The topological polar surface area (TPSA) is 343 Å². The lowest BCUT2D eigenvalue weighted by Gasteiger charge is -2.43.